The summed E-state index contributed by atoms with van der Waals surface area (Å²) >= 11 is 0. The molecule has 1 aliphatic rings. The lowest BCUT2D eigenvalue weighted by Gasteiger charge is -2.46. The Morgan fingerprint density at radius 1 is 1.44 bits per heavy atom. The maximum atomic E-state index is 13.4. The predicted octanol–water partition coefficient (Wildman–Crippen LogP) is 2.42. The maximum Gasteiger partial charge on any atom is 0.129 e. The third-order valence-corrected chi connectivity index (χ3v) is 2.91. The average Bonchev–Trinajstić information content (AvgIpc) is 2.14. The van der Waals surface area contributed by atoms with Gasteiger partial charge < -0.3 is 10.4 Å². The van der Waals surface area contributed by atoms with Crippen LogP contribution in [0.25, 0.3) is 0 Å². The Balaban J connectivity index is 0.00000128. The van der Waals surface area contributed by atoms with Crippen LogP contribution in [0.1, 0.15) is 31.9 Å². The minimum atomic E-state index is -0.751. The van der Waals surface area contributed by atoms with Gasteiger partial charge in [0.2, 0.25) is 0 Å². The highest BCUT2D eigenvalue weighted by atomic mass is 35.5. The Hall–Kier alpha value is -0.640. The second-order valence-electron chi connectivity index (χ2n) is 4.81. The molecule has 0 spiro atoms. The van der Waals surface area contributed by atoms with E-state index in [1.54, 1.807) is 18.2 Å². The Morgan fingerprint density at radius 2 is 2.00 bits per heavy atom. The van der Waals surface area contributed by atoms with Crippen LogP contribution in [0.5, 0.6) is 0 Å². The van der Waals surface area contributed by atoms with Crippen LogP contribution in [-0.4, -0.2) is 16.7 Å². The van der Waals surface area contributed by atoms with Crippen LogP contribution in [0.4, 0.5) is 4.39 Å². The van der Waals surface area contributed by atoms with Crippen molar-refractivity contribution in [3.05, 3.63) is 35.6 Å². The zero-order valence-corrected chi connectivity index (χ0v) is 10.2. The molecular weight excluding hydrogens is 229 g/mol. The third-order valence-electron chi connectivity index (χ3n) is 2.91. The first kappa shape index (κ1) is 13.4. The number of halogens is 2. The monoisotopic (exact) mass is 245 g/mol. The Morgan fingerprint density at radius 3 is 2.50 bits per heavy atom. The van der Waals surface area contributed by atoms with Gasteiger partial charge in [0.05, 0.1) is 6.10 Å². The molecule has 0 amide bonds. The van der Waals surface area contributed by atoms with E-state index in [-0.39, 0.29) is 29.8 Å². The first-order valence-electron chi connectivity index (χ1n) is 5.20. The number of benzene rings is 1. The van der Waals surface area contributed by atoms with Crippen LogP contribution >= 0.6 is 12.4 Å². The molecule has 90 valence electrons. The number of aliphatic hydroxyl groups excluding tert-OH is 1. The van der Waals surface area contributed by atoms with Crippen LogP contribution in [0.2, 0.25) is 0 Å². The summed E-state index contributed by atoms with van der Waals surface area (Å²) in [7, 11) is 0. The van der Waals surface area contributed by atoms with Crippen molar-refractivity contribution >= 4 is 12.4 Å². The number of nitrogens with one attached hydrogen (secondary N) is 1. The van der Waals surface area contributed by atoms with E-state index < -0.39 is 6.10 Å². The van der Waals surface area contributed by atoms with Crippen molar-refractivity contribution in [2.24, 2.45) is 0 Å². The zero-order chi connectivity index (χ0) is 11.1. The molecule has 2 rings (SSSR count). The molecule has 1 saturated heterocycles. The highest BCUT2D eigenvalue weighted by Gasteiger charge is 2.40. The van der Waals surface area contributed by atoms with Gasteiger partial charge in [-0.25, -0.2) is 4.39 Å². The highest BCUT2D eigenvalue weighted by molar-refractivity contribution is 5.85. The Bertz CT molecular complexity index is 362. The maximum absolute atomic E-state index is 13.4. The molecule has 0 aliphatic carbocycles. The summed E-state index contributed by atoms with van der Waals surface area (Å²) in [6.07, 6.45) is 0.113. The average molecular weight is 246 g/mol. The quantitative estimate of drug-likeness (QED) is 0.839. The molecule has 1 fully saturated rings. The van der Waals surface area contributed by atoms with Crippen molar-refractivity contribution < 1.29 is 9.50 Å². The molecule has 0 aromatic heterocycles. The molecule has 16 heavy (non-hydrogen) atoms. The lowest BCUT2D eigenvalue weighted by atomic mass is 9.80. The van der Waals surface area contributed by atoms with Gasteiger partial charge >= 0.3 is 0 Å². The lowest BCUT2D eigenvalue weighted by molar-refractivity contribution is 0.0369. The van der Waals surface area contributed by atoms with E-state index in [1.807, 2.05) is 0 Å². The zero-order valence-electron chi connectivity index (χ0n) is 9.40. The molecule has 1 aromatic rings. The van der Waals surface area contributed by atoms with E-state index in [0.717, 1.165) is 6.42 Å². The highest BCUT2D eigenvalue weighted by Crippen LogP contribution is 2.32. The van der Waals surface area contributed by atoms with E-state index in [2.05, 4.69) is 19.2 Å². The normalized spacial score (nSPS) is 24.1. The summed E-state index contributed by atoms with van der Waals surface area (Å²) in [6.45, 7) is 4.13. The molecule has 0 bridgehead atoms. The molecule has 1 heterocycles. The van der Waals surface area contributed by atoms with Crippen molar-refractivity contribution in [1.82, 2.24) is 5.32 Å². The van der Waals surface area contributed by atoms with Crippen molar-refractivity contribution in [1.29, 1.82) is 0 Å². The number of aliphatic hydroxyl groups is 1. The van der Waals surface area contributed by atoms with Gasteiger partial charge in [-0.3, -0.25) is 0 Å². The standard InChI is InChI=1S/C12H16FNO.ClH/c1-12(2)7-10(14-12)11(15)8-5-3-4-6-9(8)13;/h3-6,10-11,14-15H,7H2,1-2H3;1H/t10-,11?;/m1./s1. The van der Waals surface area contributed by atoms with Crippen molar-refractivity contribution in [2.75, 3.05) is 0 Å². The molecule has 4 heteroatoms. The fraction of sp³-hybridized carbons (Fsp3) is 0.500. The van der Waals surface area contributed by atoms with Crippen LogP contribution in [0, 0.1) is 5.82 Å². The van der Waals surface area contributed by atoms with Gasteiger partial charge in [-0.15, -0.1) is 12.4 Å². The summed E-state index contributed by atoms with van der Waals surface area (Å²) in [5, 5.41) is 13.2. The topological polar surface area (TPSA) is 32.3 Å². The third kappa shape index (κ3) is 2.54. The van der Waals surface area contributed by atoms with Gasteiger partial charge in [0.25, 0.3) is 0 Å². The van der Waals surface area contributed by atoms with Gasteiger partial charge in [-0.2, -0.15) is 0 Å². The fourth-order valence-electron chi connectivity index (χ4n) is 2.15. The second kappa shape index (κ2) is 4.70. The fourth-order valence-corrected chi connectivity index (χ4v) is 2.15. The van der Waals surface area contributed by atoms with Gasteiger partial charge in [0.1, 0.15) is 5.82 Å². The summed E-state index contributed by atoms with van der Waals surface area (Å²) in [5.74, 6) is -0.337. The van der Waals surface area contributed by atoms with Crippen molar-refractivity contribution in [3.8, 4) is 0 Å². The molecular formula is C12H17ClFNO. The molecule has 1 unspecified atom stereocenters. The molecule has 0 saturated carbocycles. The molecule has 2 atom stereocenters. The van der Waals surface area contributed by atoms with Gasteiger partial charge in [-0.05, 0) is 26.3 Å². The van der Waals surface area contributed by atoms with Gasteiger partial charge in [-0.1, -0.05) is 18.2 Å². The van der Waals surface area contributed by atoms with E-state index in [0.29, 0.717) is 5.56 Å². The minimum absolute atomic E-state index is 0. The minimum Gasteiger partial charge on any atom is -0.387 e. The SMILES string of the molecule is CC1(C)C[C@H](C(O)c2ccccc2F)N1.Cl. The largest absolute Gasteiger partial charge is 0.387 e. The van der Waals surface area contributed by atoms with Crippen LogP contribution in [0.3, 0.4) is 0 Å². The molecule has 1 aromatic carbocycles. The molecule has 1 aliphatic heterocycles. The number of hydrogen-bond donors (Lipinski definition) is 2. The summed E-state index contributed by atoms with van der Waals surface area (Å²) in [5.41, 5.74) is 0.446. The van der Waals surface area contributed by atoms with E-state index >= 15 is 0 Å². The number of rotatable bonds is 2. The van der Waals surface area contributed by atoms with E-state index in [4.69, 9.17) is 0 Å². The molecule has 2 nitrogen and oxygen atoms in total. The summed E-state index contributed by atoms with van der Waals surface area (Å²) in [4.78, 5) is 0. The van der Waals surface area contributed by atoms with Crippen molar-refractivity contribution in [2.45, 2.75) is 38.0 Å². The van der Waals surface area contributed by atoms with Crippen LogP contribution in [0.15, 0.2) is 24.3 Å². The van der Waals surface area contributed by atoms with E-state index in [9.17, 15) is 9.50 Å². The lowest BCUT2D eigenvalue weighted by Crippen LogP contribution is -2.62. The summed E-state index contributed by atoms with van der Waals surface area (Å²) in [6, 6.07) is 6.35. The predicted molar refractivity (Wildman–Crippen MR) is 64.2 cm³/mol. The number of hydrogen-bond acceptors (Lipinski definition) is 2. The molecule has 2 N–H and O–H groups in total. The van der Waals surface area contributed by atoms with E-state index in [1.165, 1.54) is 6.07 Å². The van der Waals surface area contributed by atoms with Gasteiger partial charge in [0.15, 0.2) is 0 Å². The second-order valence-corrected chi connectivity index (χ2v) is 4.81. The first-order valence-corrected chi connectivity index (χ1v) is 5.20. The Labute approximate surface area is 101 Å². The first-order chi connectivity index (χ1) is 6.99. The Kier molecular flexibility index (Phi) is 3.94. The molecule has 0 radical (unpaired) electrons. The smallest absolute Gasteiger partial charge is 0.129 e. The van der Waals surface area contributed by atoms with Crippen LogP contribution in [-0.2, 0) is 0 Å². The van der Waals surface area contributed by atoms with Gasteiger partial charge in [0, 0.05) is 17.1 Å². The van der Waals surface area contributed by atoms with Crippen LogP contribution < -0.4 is 5.32 Å². The van der Waals surface area contributed by atoms with Crippen molar-refractivity contribution in [3.63, 3.8) is 0 Å². The summed E-state index contributed by atoms with van der Waals surface area (Å²) < 4.78 is 13.4.